The molecule has 0 radical (unpaired) electrons. The molecule has 128 valence electrons. The van der Waals surface area contributed by atoms with Crippen LogP contribution in [0.3, 0.4) is 0 Å². The second-order valence-electron chi connectivity index (χ2n) is 6.57. The number of halogens is 1. The van der Waals surface area contributed by atoms with Crippen LogP contribution in [0.25, 0.3) is 6.08 Å². The van der Waals surface area contributed by atoms with Crippen molar-refractivity contribution in [3.63, 3.8) is 0 Å². The van der Waals surface area contributed by atoms with Gasteiger partial charge in [0.05, 0.1) is 24.2 Å². The zero-order valence-corrected chi connectivity index (χ0v) is 15.3. The van der Waals surface area contributed by atoms with E-state index in [2.05, 4.69) is 15.9 Å². The molecule has 2 aromatic carbocycles. The van der Waals surface area contributed by atoms with Gasteiger partial charge in [0.1, 0.15) is 12.3 Å². The first-order chi connectivity index (χ1) is 12.1. The van der Waals surface area contributed by atoms with Gasteiger partial charge < -0.3 is 14.7 Å². The Balaban J connectivity index is 1.67. The highest BCUT2D eigenvalue weighted by atomic mass is 79.9. The largest absolute Gasteiger partial charge is 0.507 e. The molecule has 2 heterocycles. The Morgan fingerprint density at radius 3 is 2.56 bits per heavy atom. The van der Waals surface area contributed by atoms with Crippen LogP contribution in [-0.4, -0.2) is 24.0 Å². The Kier molecular flexibility index (Phi) is 4.36. The number of benzene rings is 2. The monoisotopic (exact) mass is 400 g/mol. The SMILES string of the molecule is O=C1/C(=C\c2ccc(Br)cc2)Oc2c1ccc(O)c2C[NH+]1CCCC1. The topological polar surface area (TPSA) is 51.0 Å². The van der Waals surface area contributed by atoms with Gasteiger partial charge in [0, 0.05) is 17.3 Å². The standard InChI is InChI=1S/C20H18BrNO3/c21-14-5-3-13(4-6-14)11-18-19(24)15-7-8-17(23)16(20(15)25-18)12-22-9-1-2-10-22/h3-8,11,23H,1-2,9-10,12H2/p+1/b18-11+. The van der Waals surface area contributed by atoms with Crippen LogP contribution < -0.4 is 9.64 Å². The highest BCUT2D eigenvalue weighted by molar-refractivity contribution is 9.10. The molecule has 2 aliphatic heterocycles. The number of fused-ring (bicyclic) bond motifs is 1. The van der Waals surface area contributed by atoms with Gasteiger partial charge in [-0.1, -0.05) is 28.1 Å². The molecule has 2 aliphatic rings. The Labute approximate surface area is 154 Å². The van der Waals surface area contributed by atoms with Crippen molar-refractivity contribution in [2.75, 3.05) is 13.1 Å². The summed E-state index contributed by atoms with van der Waals surface area (Å²) in [6, 6.07) is 10.9. The second-order valence-corrected chi connectivity index (χ2v) is 7.48. The number of nitrogens with one attached hydrogen (secondary N) is 1. The molecule has 4 nitrogen and oxygen atoms in total. The van der Waals surface area contributed by atoms with Crippen LogP contribution in [0.2, 0.25) is 0 Å². The molecule has 4 rings (SSSR count). The van der Waals surface area contributed by atoms with Crippen molar-refractivity contribution in [1.29, 1.82) is 0 Å². The first-order valence-electron chi connectivity index (χ1n) is 8.50. The summed E-state index contributed by atoms with van der Waals surface area (Å²) in [6.45, 7) is 2.88. The van der Waals surface area contributed by atoms with Gasteiger partial charge in [0.25, 0.3) is 0 Å². The minimum Gasteiger partial charge on any atom is -0.507 e. The van der Waals surface area contributed by atoms with Gasteiger partial charge in [0.15, 0.2) is 11.5 Å². The number of aromatic hydroxyl groups is 1. The maximum atomic E-state index is 12.7. The number of hydrogen-bond acceptors (Lipinski definition) is 3. The molecule has 5 heteroatoms. The second kappa shape index (κ2) is 6.65. The third kappa shape index (κ3) is 3.22. The van der Waals surface area contributed by atoms with Crippen LogP contribution in [0.5, 0.6) is 11.5 Å². The molecule has 1 saturated heterocycles. The van der Waals surface area contributed by atoms with Gasteiger partial charge in [-0.05, 0) is 35.9 Å². The van der Waals surface area contributed by atoms with E-state index in [1.54, 1.807) is 18.2 Å². The molecule has 1 fully saturated rings. The number of hydrogen-bond donors (Lipinski definition) is 2. The molecular weight excluding hydrogens is 382 g/mol. The Bertz CT molecular complexity index is 852. The van der Waals surface area contributed by atoms with Crippen LogP contribution in [0, 0.1) is 0 Å². The van der Waals surface area contributed by atoms with Gasteiger partial charge in [0.2, 0.25) is 5.78 Å². The Morgan fingerprint density at radius 1 is 1.12 bits per heavy atom. The summed E-state index contributed by atoms with van der Waals surface area (Å²) in [5.41, 5.74) is 2.17. The summed E-state index contributed by atoms with van der Waals surface area (Å²) in [7, 11) is 0. The van der Waals surface area contributed by atoms with Crippen LogP contribution in [-0.2, 0) is 6.54 Å². The number of allylic oxidation sites excluding steroid dienone is 1. The molecule has 2 aromatic rings. The molecule has 2 N–H and O–H groups in total. The number of phenols is 1. The lowest BCUT2D eigenvalue weighted by atomic mass is 10.0. The molecule has 0 spiro atoms. The van der Waals surface area contributed by atoms with Gasteiger partial charge in [-0.2, -0.15) is 0 Å². The zero-order valence-electron chi connectivity index (χ0n) is 13.7. The van der Waals surface area contributed by atoms with Gasteiger partial charge in [-0.15, -0.1) is 0 Å². The number of rotatable bonds is 3. The molecule has 0 amide bonds. The third-order valence-electron chi connectivity index (χ3n) is 4.82. The van der Waals surface area contributed by atoms with E-state index in [0.29, 0.717) is 23.6 Å². The first kappa shape index (κ1) is 16.4. The van der Waals surface area contributed by atoms with E-state index in [1.807, 2.05) is 24.3 Å². The summed E-state index contributed by atoms with van der Waals surface area (Å²) < 4.78 is 6.89. The predicted octanol–water partition coefficient (Wildman–Crippen LogP) is 2.95. The molecule has 0 aromatic heterocycles. The lowest BCUT2D eigenvalue weighted by Crippen LogP contribution is -3.08. The van der Waals surface area contributed by atoms with Crippen LogP contribution >= 0.6 is 15.9 Å². The van der Waals surface area contributed by atoms with Crippen molar-refractivity contribution < 1.29 is 19.5 Å². The molecule has 0 unspecified atom stereocenters. The minimum absolute atomic E-state index is 0.129. The smallest absolute Gasteiger partial charge is 0.231 e. The number of phenolic OH excluding ortho intramolecular Hbond substituents is 1. The molecule has 0 saturated carbocycles. The van der Waals surface area contributed by atoms with Crippen LogP contribution in [0.4, 0.5) is 0 Å². The third-order valence-corrected chi connectivity index (χ3v) is 5.35. The quantitative estimate of drug-likeness (QED) is 0.778. The number of quaternary nitrogens is 1. The van der Waals surface area contributed by atoms with E-state index in [9.17, 15) is 9.90 Å². The van der Waals surface area contributed by atoms with Gasteiger partial charge in [-0.25, -0.2) is 0 Å². The molecule has 0 aliphatic carbocycles. The van der Waals surface area contributed by atoms with Crippen molar-refractivity contribution in [2.45, 2.75) is 19.4 Å². The number of carbonyl (C=O) groups excluding carboxylic acids is 1. The van der Waals surface area contributed by atoms with E-state index < -0.39 is 0 Å². The van der Waals surface area contributed by atoms with Crippen LogP contribution in [0.1, 0.15) is 34.3 Å². The number of carbonyl (C=O) groups is 1. The lowest BCUT2D eigenvalue weighted by molar-refractivity contribution is -0.901. The van der Waals surface area contributed by atoms with Gasteiger partial charge >= 0.3 is 0 Å². The molecular formula is C20H19BrNO3+. The maximum Gasteiger partial charge on any atom is 0.231 e. The normalized spacial score (nSPS) is 18.6. The average Bonchev–Trinajstić information content (AvgIpc) is 3.22. The summed E-state index contributed by atoms with van der Waals surface area (Å²) in [5, 5.41) is 10.3. The number of ketones is 1. The highest BCUT2D eigenvalue weighted by Crippen LogP contribution is 2.39. The van der Waals surface area contributed by atoms with E-state index in [0.717, 1.165) is 28.7 Å². The fraction of sp³-hybridized carbons (Fsp3) is 0.250. The highest BCUT2D eigenvalue weighted by Gasteiger charge is 2.32. The fourth-order valence-corrected chi connectivity index (χ4v) is 3.74. The number of Topliss-reactive ketones (excluding diaryl/α,β-unsaturated/α-hetero) is 1. The molecule has 0 bridgehead atoms. The predicted molar refractivity (Wildman–Crippen MR) is 98.8 cm³/mol. The fourth-order valence-electron chi connectivity index (χ4n) is 3.48. The van der Waals surface area contributed by atoms with Crippen molar-refractivity contribution in [3.8, 4) is 11.5 Å². The van der Waals surface area contributed by atoms with E-state index in [1.165, 1.54) is 17.7 Å². The van der Waals surface area contributed by atoms with Crippen molar-refractivity contribution >= 4 is 27.8 Å². The van der Waals surface area contributed by atoms with Crippen molar-refractivity contribution in [2.24, 2.45) is 0 Å². The van der Waals surface area contributed by atoms with Crippen LogP contribution in [0.15, 0.2) is 46.6 Å². The Morgan fingerprint density at radius 2 is 1.84 bits per heavy atom. The number of ether oxygens (including phenoxy) is 1. The summed E-state index contributed by atoms with van der Waals surface area (Å²) in [5.74, 6) is 0.903. The first-order valence-corrected chi connectivity index (χ1v) is 9.29. The van der Waals surface area contributed by atoms with E-state index >= 15 is 0 Å². The average molecular weight is 401 g/mol. The molecule has 25 heavy (non-hydrogen) atoms. The van der Waals surface area contributed by atoms with Gasteiger partial charge in [-0.3, -0.25) is 4.79 Å². The summed E-state index contributed by atoms with van der Waals surface area (Å²) in [6.07, 6.45) is 4.16. The van der Waals surface area contributed by atoms with E-state index in [-0.39, 0.29) is 11.5 Å². The number of likely N-dealkylation sites (tertiary alicyclic amines) is 1. The van der Waals surface area contributed by atoms with E-state index in [4.69, 9.17) is 4.74 Å². The lowest BCUT2D eigenvalue weighted by Gasteiger charge is -2.15. The van der Waals surface area contributed by atoms with Crippen molar-refractivity contribution in [1.82, 2.24) is 0 Å². The minimum atomic E-state index is -0.129. The zero-order chi connectivity index (χ0) is 17.4. The summed E-state index contributed by atoms with van der Waals surface area (Å²) in [4.78, 5) is 14.1. The maximum absolute atomic E-state index is 12.7. The molecule has 0 atom stereocenters. The Hall–Kier alpha value is -2.11. The summed E-state index contributed by atoms with van der Waals surface area (Å²) >= 11 is 3.40. The van der Waals surface area contributed by atoms with Crippen molar-refractivity contribution in [3.05, 3.63) is 63.3 Å².